The van der Waals surface area contributed by atoms with E-state index in [-0.39, 0.29) is 4.90 Å². The van der Waals surface area contributed by atoms with Gasteiger partial charge in [0.15, 0.2) is 0 Å². The maximum atomic E-state index is 12.4. The van der Waals surface area contributed by atoms with Crippen LogP contribution in [-0.2, 0) is 10.0 Å². The lowest BCUT2D eigenvalue weighted by Gasteiger charge is -2.18. The molecule has 0 bridgehead atoms. The third kappa shape index (κ3) is 4.39. The SMILES string of the molecule is CCN(CC)S(=O)(=O)c1ccc(N/N=C\c2cccc(C)c2)nc1. The zero-order valence-corrected chi connectivity index (χ0v) is 14.9. The lowest BCUT2D eigenvalue weighted by molar-refractivity contribution is 0.445. The molecule has 1 N–H and O–H groups in total. The van der Waals surface area contributed by atoms with Crippen molar-refractivity contribution in [2.45, 2.75) is 25.7 Å². The maximum Gasteiger partial charge on any atom is 0.244 e. The second-order valence-corrected chi connectivity index (χ2v) is 7.19. The number of rotatable bonds is 7. The summed E-state index contributed by atoms with van der Waals surface area (Å²) in [5.74, 6) is 0.484. The van der Waals surface area contributed by atoms with Gasteiger partial charge in [-0.2, -0.15) is 9.41 Å². The monoisotopic (exact) mass is 346 g/mol. The van der Waals surface area contributed by atoms with Gasteiger partial charge in [-0.05, 0) is 24.6 Å². The number of hydrazone groups is 1. The minimum absolute atomic E-state index is 0.180. The van der Waals surface area contributed by atoms with Gasteiger partial charge in [0.2, 0.25) is 10.0 Å². The van der Waals surface area contributed by atoms with Gasteiger partial charge in [-0.3, -0.25) is 5.43 Å². The molecule has 0 radical (unpaired) electrons. The van der Waals surface area contributed by atoms with Crippen molar-refractivity contribution in [1.82, 2.24) is 9.29 Å². The summed E-state index contributed by atoms with van der Waals surface area (Å²) in [6.07, 6.45) is 3.04. The van der Waals surface area contributed by atoms with E-state index in [0.717, 1.165) is 11.1 Å². The molecule has 0 saturated heterocycles. The molecule has 1 aromatic carbocycles. The molecule has 24 heavy (non-hydrogen) atoms. The predicted octanol–water partition coefficient (Wildman–Crippen LogP) is 2.87. The van der Waals surface area contributed by atoms with Gasteiger partial charge >= 0.3 is 0 Å². The highest BCUT2D eigenvalue weighted by atomic mass is 32.2. The highest BCUT2D eigenvalue weighted by Gasteiger charge is 2.21. The summed E-state index contributed by atoms with van der Waals surface area (Å²) >= 11 is 0. The van der Waals surface area contributed by atoms with Crippen molar-refractivity contribution in [2.75, 3.05) is 18.5 Å². The minimum Gasteiger partial charge on any atom is -0.261 e. The van der Waals surface area contributed by atoms with E-state index in [2.05, 4.69) is 15.5 Å². The molecule has 0 unspecified atom stereocenters. The number of anilines is 1. The Morgan fingerprint density at radius 1 is 1.21 bits per heavy atom. The lowest BCUT2D eigenvalue weighted by Crippen LogP contribution is -2.30. The molecule has 2 rings (SSSR count). The number of hydrogen-bond acceptors (Lipinski definition) is 5. The third-order valence-electron chi connectivity index (χ3n) is 3.51. The van der Waals surface area contributed by atoms with E-state index in [0.29, 0.717) is 18.9 Å². The lowest BCUT2D eigenvalue weighted by atomic mass is 10.2. The maximum absolute atomic E-state index is 12.4. The van der Waals surface area contributed by atoms with Crippen LogP contribution >= 0.6 is 0 Å². The van der Waals surface area contributed by atoms with Crippen molar-refractivity contribution < 1.29 is 8.42 Å². The Morgan fingerprint density at radius 2 is 1.96 bits per heavy atom. The molecule has 1 aromatic heterocycles. The number of aromatic nitrogens is 1. The van der Waals surface area contributed by atoms with Gasteiger partial charge in [0.05, 0.1) is 6.21 Å². The molecular formula is C17H22N4O2S. The fraction of sp³-hybridized carbons (Fsp3) is 0.294. The van der Waals surface area contributed by atoms with Crippen molar-refractivity contribution in [3.63, 3.8) is 0 Å². The Kier molecular flexibility index (Phi) is 6.05. The first-order valence-corrected chi connectivity index (χ1v) is 9.23. The fourth-order valence-electron chi connectivity index (χ4n) is 2.23. The van der Waals surface area contributed by atoms with Crippen LogP contribution in [-0.4, -0.2) is 37.0 Å². The molecule has 0 fully saturated rings. The predicted molar refractivity (Wildman–Crippen MR) is 96.7 cm³/mol. The third-order valence-corrected chi connectivity index (χ3v) is 5.55. The van der Waals surface area contributed by atoms with Gasteiger partial charge in [0.25, 0.3) is 0 Å². The molecule has 0 aliphatic carbocycles. The Hall–Kier alpha value is -2.25. The van der Waals surface area contributed by atoms with Gasteiger partial charge in [0, 0.05) is 19.3 Å². The first-order chi connectivity index (χ1) is 11.5. The van der Waals surface area contributed by atoms with Crippen molar-refractivity contribution in [2.24, 2.45) is 5.10 Å². The summed E-state index contributed by atoms with van der Waals surface area (Å²) in [5, 5.41) is 4.11. The second kappa shape index (κ2) is 8.03. The first-order valence-electron chi connectivity index (χ1n) is 7.79. The van der Waals surface area contributed by atoms with Crippen LogP contribution in [0.25, 0.3) is 0 Å². The summed E-state index contributed by atoms with van der Waals surface area (Å²) in [6, 6.07) is 11.1. The normalized spacial score (nSPS) is 12.0. The van der Waals surface area contributed by atoms with Crippen LogP contribution in [0.2, 0.25) is 0 Å². The molecule has 1 heterocycles. The molecule has 0 spiro atoms. The molecule has 7 heteroatoms. The molecule has 0 saturated carbocycles. The van der Waals surface area contributed by atoms with Crippen molar-refractivity contribution in [3.8, 4) is 0 Å². The number of sulfonamides is 1. The van der Waals surface area contributed by atoms with Crippen LogP contribution in [0.3, 0.4) is 0 Å². The van der Waals surface area contributed by atoms with E-state index in [4.69, 9.17) is 0 Å². The number of nitrogens with one attached hydrogen (secondary N) is 1. The molecule has 0 amide bonds. The van der Waals surface area contributed by atoms with E-state index in [1.165, 1.54) is 16.6 Å². The average Bonchev–Trinajstić information content (AvgIpc) is 2.56. The molecule has 0 aliphatic heterocycles. The van der Waals surface area contributed by atoms with Crippen molar-refractivity contribution in [1.29, 1.82) is 0 Å². The van der Waals surface area contributed by atoms with Crippen LogP contribution in [0.1, 0.15) is 25.0 Å². The average molecular weight is 346 g/mol. The van der Waals surface area contributed by atoms with Crippen LogP contribution in [0, 0.1) is 6.92 Å². The van der Waals surface area contributed by atoms with E-state index < -0.39 is 10.0 Å². The number of benzene rings is 1. The van der Waals surface area contributed by atoms with E-state index in [1.54, 1.807) is 12.3 Å². The van der Waals surface area contributed by atoms with Crippen LogP contribution in [0.4, 0.5) is 5.82 Å². The molecular weight excluding hydrogens is 324 g/mol. The van der Waals surface area contributed by atoms with E-state index >= 15 is 0 Å². The molecule has 6 nitrogen and oxygen atoms in total. The molecule has 0 atom stereocenters. The summed E-state index contributed by atoms with van der Waals surface area (Å²) < 4.78 is 26.1. The molecule has 128 valence electrons. The topological polar surface area (TPSA) is 74.7 Å². The van der Waals surface area contributed by atoms with Gasteiger partial charge in [0.1, 0.15) is 10.7 Å². The second-order valence-electron chi connectivity index (χ2n) is 5.25. The van der Waals surface area contributed by atoms with E-state index in [9.17, 15) is 8.42 Å². The van der Waals surface area contributed by atoms with Gasteiger partial charge in [-0.15, -0.1) is 0 Å². The first kappa shape index (κ1) is 18.1. The van der Waals surface area contributed by atoms with Gasteiger partial charge in [-0.25, -0.2) is 13.4 Å². The van der Waals surface area contributed by atoms with Gasteiger partial charge < -0.3 is 0 Å². The fourth-order valence-corrected chi connectivity index (χ4v) is 3.64. The van der Waals surface area contributed by atoms with Crippen molar-refractivity contribution in [3.05, 3.63) is 53.7 Å². The Bertz CT molecular complexity index is 798. The van der Waals surface area contributed by atoms with Crippen molar-refractivity contribution >= 4 is 22.1 Å². The van der Waals surface area contributed by atoms with E-state index in [1.807, 2.05) is 45.0 Å². The molecule has 2 aromatic rings. The highest BCUT2D eigenvalue weighted by molar-refractivity contribution is 7.89. The Morgan fingerprint density at radius 3 is 2.54 bits per heavy atom. The zero-order chi connectivity index (χ0) is 17.6. The standard InChI is InChI=1S/C17H22N4O2S/c1-4-21(5-2)24(22,23)16-9-10-17(18-13-16)20-19-12-15-8-6-7-14(3)11-15/h6-13H,4-5H2,1-3H3,(H,18,20)/b19-12-. The van der Waals surface area contributed by atoms with Crippen LogP contribution < -0.4 is 5.43 Å². The quantitative estimate of drug-likeness (QED) is 0.618. The highest BCUT2D eigenvalue weighted by Crippen LogP contribution is 2.16. The summed E-state index contributed by atoms with van der Waals surface area (Å²) in [7, 11) is -3.48. The summed E-state index contributed by atoms with van der Waals surface area (Å²) in [6.45, 7) is 6.50. The number of nitrogens with zero attached hydrogens (tertiary/aromatic N) is 3. The zero-order valence-electron chi connectivity index (χ0n) is 14.1. The van der Waals surface area contributed by atoms with Crippen LogP contribution in [0.15, 0.2) is 52.6 Å². The summed E-state index contributed by atoms with van der Waals surface area (Å²) in [5.41, 5.74) is 4.93. The van der Waals surface area contributed by atoms with Crippen LogP contribution in [0.5, 0.6) is 0 Å². The van der Waals surface area contributed by atoms with Gasteiger partial charge in [-0.1, -0.05) is 43.7 Å². The number of hydrogen-bond donors (Lipinski definition) is 1. The minimum atomic E-state index is -3.48. The smallest absolute Gasteiger partial charge is 0.244 e. The Labute approximate surface area is 143 Å². The summed E-state index contributed by atoms with van der Waals surface area (Å²) in [4.78, 5) is 4.29. The number of aryl methyl sites for hydroxylation is 1. The Balaban J connectivity index is 2.07. The molecule has 0 aliphatic rings. The largest absolute Gasteiger partial charge is 0.261 e. The number of pyridine rings is 1.